The number of para-hydroxylation sites is 1. The van der Waals surface area contributed by atoms with Crippen molar-refractivity contribution >= 4 is 11.6 Å². The van der Waals surface area contributed by atoms with Crippen molar-refractivity contribution in [2.45, 2.75) is 6.92 Å². The van der Waals surface area contributed by atoms with Crippen LogP contribution in [0.1, 0.15) is 16.1 Å². The predicted molar refractivity (Wildman–Crippen MR) is 113 cm³/mol. The number of aromatic nitrogens is 2. The number of hydrogen-bond acceptors (Lipinski definition) is 5. The van der Waals surface area contributed by atoms with Gasteiger partial charge in [0.05, 0.1) is 18.4 Å². The van der Waals surface area contributed by atoms with E-state index in [4.69, 9.17) is 4.74 Å². The number of amides is 1. The maximum atomic E-state index is 13.0. The molecule has 0 atom stereocenters. The second-order valence-corrected chi connectivity index (χ2v) is 7.04. The first kappa shape index (κ1) is 18.9. The Bertz CT molecular complexity index is 982. The molecule has 3 aromatic rings. The summed E-state index contributed by atoms with van der Waals surface area (Å²) in [6.07, 6.45) is 1.65. The number of benzene rings is 2. The fraction of sp³-hybridized carbons (Fsp3) is 0.261. The number of carbonyl (C=O) groups is 1. The van der Waals surface area contributed by atoms with Gasteiger partial charge in [-0.3, -0.25) is 4.79 Å². The first-order valence-corrected chi connectivity index (χ1v) is 9.73. The summed E-state index contributed by atoms with van der Waals surface area (Å²) in [5.74, 6) is 1.39. The van der Waals surface area contributed by atoms with Crippen LogP contribution in [0.4, 0.5) is 5.69 Å². The van der Waals surface area contributed by atoms with Gasteiger partial charge < -0.3 is 14.5 Å². The summed E-state index contributed by atoms with van der Waals surface area (Å²) < 4.78 is 5.19. The molecule has 0 saturated carbocycles. The summed E-state index contributed by atoms with van der Waals surface area (Å²) >= 11 is 0. The van der Waals surface area contributed by atoms with Gasteiger partial charge in [0.25, 0.3) is 5.91 Å². The van der Waals surface area contributed by atoms with E-state index in [-0.39, 0.29) is 5.91 Å². The molecular formula is C23H24N4O2. The zero-order valence-corrected chi connectivity index (χ0v) is 16.7. The van der Waals surface area contributed by atoms with Crippen molar-refractivity contribution in [2.75, 3.05) is 38.2 Å². The predicted octanol–water partition coefficient (Wildman–Crippen LogP) is 3.42. The van der Waals surface area contributed by atoms with Crippen LogP contribution >= 0.6 is 0 Å². The number of anilines is 1. The van der Waals surface area contributed by atoms with Crippen LogP contribution in [0, 0.1) is 6.92 Å². The molecule has 29 heavy (non-hydrogen) atoms. The maximum Gasteiger partial charge on any atom is 0.257 e. The van der Waals surface area contributed by atoms with E-state index in [9.17, 15) is 4.79 Å². The van der Waals surface area contributed by atoms with Gasteiger partial charge in [-0.2, -0.15) is 0 Å². The molecule has 148 valence electrons. The fourth-order valence-electron chi connectivity index (χ4n) is 3.53. The Balaban J connectivity index is 1.45. The third kappa shape index (κ3) is 4.06. The molecule has 1 aliphatic rings. The van der Waals surface area contributed by atoms with Crippen LogP contribution in [-0.2, 0) is 0 Å². The number of piperazine rings is 1. The Kier molecular flexibility index (Phi) is 5.42. The average Bonchev–Trinajstić information content (AvgIpc) is 2.79. The van der Waals surface area contributed by atoms with E-state index in [2.05, 4.69) is 27.0 Å². The van der Waals surface area contributed by atoms with Crippen LogP contribution in [0.15, 0.2) is 60.8 Å². The molecule has 0 N–H and O–H groups in total. The van der Waals surface area contributed by atoms with Gasteiger partial charge >= 0.3 is 0 Å². The largest absolute Gasteiger partial charge is 0.497 e. The SMILES string of the molecule is COc1ccc(-c2ncc(C(=O)N3CCN(c4ccccc4)CC3)c(C)n2)cc1. The minimum atomic E-state index is -0.00325. The molecule has 2 aromatic carbocycles. The Morgan fingerprint density at radius 1 is 0.966 bits per heavy atom. The van der Waals surface area contributed by atoms with Gasteiger partial charge in [-0.15, -0.1) is 0 Å². The second-order valence-electron chi connectivity index (χ2n) is 7.04. The minimum absolute atomic E-state index is 0.00325. The topological polar surface area (TPSA) is 58.6 Å². The lowest BCUT2D eigenvalue weighted by Crippen LogP contribution is -2.49. The van der Waals surface area contributed by atoms with E-state index >= 15 is 0 Å². The van der Waals surface area contributed by atoms with Gasteiger partial charge in [0.2, 0.25) is 0 Å². The number of ether oxygens (including phenoxy) is 1. The molecule has 1 fully saturated rings. The molecule has 0 spiro atoms. The van der Waals surface area contributed by atoms with Gasteiger partial charge in [0.15, 0.2) is 5.82 Å². The first-order valence-electron chi connectivity index (χ1n) is 9.73. The van der Waals surface area contributed by atoms with Crippen LogP contribution in [0.25, 0.3) is 11.4 Å². The van der Waals surface area contributed by atoms with Gasteiger partial charge in [0, 0.05) is 43.6 Å². The summed E-state index contributed by atoms with van der Waals surface area (Å²) in [6.45, 7) is 4.88. The molecule has 0 radical (unpaired) electrons. The zero-order chi connectivity index (χ0) is 20.2. The number of nitrogens with zero attached hydrogens (tertiary/aromatic N) is 4. The molecule has 6 heteroatoms. The standard InChI is InChI=1S/C23H24N4O2/c1-17-21(16-24-22(25-17)18-8-10-20(29-2)11-9-18)23(28)27-14-12-26(13-15-27)19-6-4-3-5-7-19/h3-11,16H,12-15H2,1-2H3. The van der Waals surface area contributed by atoms with Gasteiger partial charge in [0.1, 0.15) is 5.75 Å². The molecule has 1 saturated heterocycles. The van der Waals surface area contributed by atoms with Crippen molar-refractivity contribution in [1.82, 2.24) is 14.9 Å². The van der Waals surface area contributed by atoms with Crippen LogP contribution in [-0.4, -0.2) is 54.1 Å². The Hall–Kier alpha value is -3.41. The van der Waals surface area contributed by atoms with E-state index in [0.29, 0.717) is 30.2 Å². The minimum Gasteiger partial charge on any atom is -0.497 e. The number of rotatable bonds is 4. The fourth-order valence-corrected chi connectivity index (χ4v) is 3.53. The maximum absolute atomic E-state index is 13.0. The van der Waals surface area contributed by atoms with Crippen molar-refractivity contribution in [3.63, 3.8) is 0 Å². The van der Waals surface area contributed by atoms with E-state index in [1.807, 2.05) is 54.3 Å². The molecule has 0 unspecified atom stereocenters. The normalized spacial score (nSPS) is 14.0. The highest BCUT2D eigenvalue weighted by Gasteiger charge is 2.24. The highest BCUT2D eigenvalue weighted by molar-refractivity contribution is 5.95. The van der Waals surface area contributed by atoms with Crippen molar-refractivity contribution in [3.8, 4) is 17.1 Å². The van der Waals surface area contributed by atoms with Crippen LogP contribution in [0.3, 0.4) is 0 Å². The van der Waals surface area contributed by atoms with E-state index in [1.54, 1.807) is 13.3 Å². The number of hydrogen-bond donors (Lipinski definition) is 0. The van der Waals surface area contributed by atoms with Crippen molar-refractivity contribution in [3.05, 3.63) is 72.1 Å². The highest BCUT2D eigenvalue weighted by atomic mass is 16.5. The van der Waals surface area contributed by atoms with Crippen molar-refractivity contribution < 1.29 is 9.53 Å². The Labute approximate surface area is 170 Å². The number of aryl methyl sites for hydroxylation is 1. The summed E-state index contributed by atoms with van der Waals surface area (Å²) in [5.41, 5.74) is 3.35. The molecule has 6 nitrogen and oxygen atoms in total. The molecule has 2 heterocycles. The van der Waals surface area contributed by atoms with Crippen LogP contribution < -0.4 is 9.64 Å². The molecule has 1 aliphatic heterocycles. The summed E-state index contributed by atoms with van der Waals surface area (Å²) in [5, 5.41) is 0. The van der Waals surface area contributed by atoms with E-state index < -0.39 is 0 Å². The average molecular weight is 388 g/mol. The van der Waals surface area contributed by atoms with Crippen molar-refractivity contribution in [1.29, 1.82) is 0 Å². The molecule has 0 aliphatic carbocycles. The lowest BCUT2D eigenvalue weighted by atomic mass is 10.1. The Morgan fingerprint density at radius 3 is 2.28 bits per heavy atom. The van der Waals surface area contributed by atoms with Crippen LogP contribution in [0.2, 0.25) is 0 Å². The lowest BCUT2D eigenvalue weighted by molar-refractivity contribution is 0.0745. The summed E-state index contributed by atoms with van der Waals surface area (Å²) in [7, 11) is 1.63. The third-order valence-corrected chi connectivity index (χ3v) is 5.25. The smallest absolute Gasteiger partial charge is 0.257 e. The molecule has 1 amide bonds. The van der Waals surface area contributed by atoms with Crippen molar-refractivity contribution in [2.24, 2.45) is 0 Å². The highest BCUT2D eigenvalue weighted by Crippen LogP contribution is 2.21. The van der Waals surface area contributed by atoms with Gasteiger partial charge in [-0.1, -0.05) is 18.2 Å². The quantitative estimate of drug-likeness (QED) is 0.685. The summed E-state index contributed by atoms with van der Waals surface area (Å²) in [4.78, 5) is 26.2. The molecule has 4 rings (SSSR count). The van der Waals surface area contributed by atoms with Crippen LogP contribution in [0.5, 0.6) is 5.75 Å². The first-order chi connectivity index (χ1) is 14.2. The second kappa shape index (κ2) is 8.31. The third-order valence-electron chi connectivity index (χ3n) is 5.25. The van der Waals surface area contributed by atoms with Gasteiger partial charge in [-0.05, 0) is 43.3 Å². The monoisotopic (exact) mass is 388 g/mol. The molecule has 0 bridgehead atoms. The van der Waals surface area contributed by atoms with E-state index in [1.165, 1.54) is 5.69 Å². The molecule has 1 aromatic heterocycles. The molecular weight excluding hydrogens is 364 g/mol. The number of carbonyl (C=O) groups excluding carboxylic acids is 1. The zero-order valence-electron chi connectivity index (χ0n) is 16.7. The van der Waals surface area contributed by atoms with Gasteiger partial charge in [-0.25, -0.2) is 9.97 Å². The summed E-state index contributed by atoms with van der Waals surface area (Å²) in [6, 6.07) is 17.9. The number of methoxy groups -OCH3 is 1. The Morgan fingerprint density at radius 2 is 1.66 bits per heavy atom. The van der Waals surface area contributed by atoms with E-state index in [0.717, 1.165) is 24.4 Å². The lowest BCUT2D eigenvalue weighted by Gasteiger charge is -2.36.